The van der Waals surface area contributed by atoms with E-state index in [1.807, 2.05) is 0 Å². The number of hydrogen-bond acceptors (Lipinski definition) is 7. The lowest BCUT2D eigenvalue weighted by Gasteiger charge is -2.44. The number of ketones is 2. The highest BCUT2D eigenvalue weighted by atomic mass is 16.3. The van der Waals surface area contributed by atoms with Crippen LogP contribution in [0.5, 0.6) is 5.75 Å². The highest BCUT2D eigenvalue weighted by Crippen LogP contribution is 2.50. The van der Waals surface area contributed by atoms with Gasteiger partial charge in [0.25, 0.3) is 5.91 Å². The smallest absolute Gasteiger partial charge is 0.255 e. The van der Waals surface area contributed by atoms with E-state index in [1.54, 1.807) is 19.2 Å². The van der Waals surface area contributed by atoms with Crippen molar-refractivity contribution in [2.24, 2.45) is 29.4 Å². The van der Waals surface area contributed by atoms with Crippen molar-refractivity contribution in [3.63, 3.8) is 0 Å². The first-order valence-corrected chi connectivity index (χ1v) is 9.48. The number of allylic oxidation sites excluding steroid dienone is 1. The predicted octanol–water partition coefficient (Wildman–Crippen LogP) is 0.754. The molecule has 0 aromatic heterocycles. The molecule has 4 atom stereocenters. The van der Waals surface area contributed by atoms with E-state index in [2.05, 4.69) is 5.32 Å². The largest absolute Gasteiger partial charge is 0.511 e. The lowest BCUT2D eigenvalue weighted by molar-refractivity contribution is -0.136. The number of aliphatic hydroxyl groups is 2. The highest BCUT2D eigenvalue weighted by Gasteiger charge is 2.54. The molecule has 6 N–H and O–H groups in total. The number of aromatic hydroxyl groups is 1. The summed E-state index contributed by atoms with van der Waals surface area (Å²) in [4.78, 5) is 38.1. The fourth-order valence-electron chi connectivity index (χ4n) is 5.17. The molecule has 0 aliphatic heterocycles. The maximum Gasteiger partial charge on any atom is 0.255 e. The number of carbonyl (C=O) groups excluding carboxylic acids is 3. The summed E-state index contributed by atoms with van der Waals surface area (Å²) in [6.45, 7) is 0.263. The molecule has 152 valence electrons. The van der Waals surface area contributed by atoms with E-state index in [4.69, 9.17) is 5.73 Å². The van der Waals surface area contributed by atoms with Crippen molar-refractivity contribution in [2.45, 2.75) is 12.8 Å². The molecule has 0 heterocycles. The third kappa shape index (κ3) is 2.66. The summed E-state index contributed by atoms with van der Waals surface area (Å²) in [7, 11) is 1.67. The van der Waals surface area contributed by atoms with Gasteiger partial charge in [-0.3, -0.25) is 14.4 Å². The zero-order valence-corrected chi connectivity index (χ0v) is 15.8. The van der Waals surface area contributed by atoms with E-state index in [9.17, 15) is 29.7 Å². The maximum atomic E-state index is 13.4. The van der Waals surface area contributed by atoms with E-state index in [0.29, 0.717) is 18.4 Å². The van der Waals surface area contributed by atoms with Crippen LogP contribution in [0, 0.1) is 23.7 Å². The van der Waals surface area contributed by atoms with Crippen LogP contribution in [0.3, 0.4) is 0 Å². The van der Waals surface area contributed by atoms with Crippen molar-refractivity contribution in [1.82, 2.24) is 5.32 Å². The fourth-order valence-corrected chi connectivity index (χ4v) is 5.17. The van der Waals surface area contributed by atoms with Gasteiger partial charge in [0.2, 0.25) is 0 Å². The Labute approximate surface area is 166 Å². The molecule has 1 fully saturated rings. The van der Waals surface area contributed by atoms with Crippen LogP contribution in [-0.2, 0) is 20.8 Å². The molecule has 0 spiro atoms. The van der Waals surface area contributed by atoms with Crippen LogP contribution in [0.2, 0.25) is 0 Å². The van der Waals surface area contributed by atoms with Crippen LogP contribution in [0.25, 0.3) is 5.76 Å². The highest BCUT2D eigenvalue weighted by molar-refractivity contribution is 6.28. The standard InChI is InChI=1S/C21H22N2O6/c1-23-7-11-10-6-9-5-8-3-2-4-12(24)13(8)18(26)14(9)19(27)15(10)20(28)16(17(11)25)21(22)29/h2-4,9-11,15,23-26H,5-7H2,1H3,(H2,22,29)/t9?,10?,11-,15?/m0/s1. The van der Waals surface area contributed by atoms with Gasteiger partial charge in [-0.25, -0.2) is 0 Å². The number of phenols is 1. The predicted molar refractivity (Wildman–Crippen MR) is 103 cm³/mol. The Morgan fingerprint density at radius 1 is 1.21 bits per heavy atom. The Kier molecular flexibility index (Phi) is 4.46. The van der Waals surface area contributed by atoms with E-state index in [-0.39, 0.29) is 40.9 Å². The number of hydrogen-bond donors (Lipinski definition) is 5. The number of primary amides is 1. The molecule has 1 saturated carbocycles. The minimum Gasteiger partial charge on any atom is -0.511 e. The number of amides is 1. The first kappa shape index (κ1) is 19.2. The van der Waals surface area contributed by atoms with Gasteiger partial charge in [-0.1, -0.05) is 12.1 Å². The summed E-state index contributed by atoms with van der Waals surface area (Å²) in [6, 6.07) is 4.87. The maximum absolute atomic E-state index is 13.4. The molecule has 0 radical (unpaired) electrons. The molecule has 3 aliphatic rings. The van der Waals surface area contributed by atoms with E-state index < -0.39 is 40.8 Å². The number of nitrogens with two attached hydrogens (primary N) is 1. The first-order valence-electron chi connectivity index (χ1n) is 9.48. The topological polar surface area (TPSA) is 150 Å². The van der Waals surface area contributed by atoms with Gasteiger partial charge in [0.05, 0.1) is 11.5 Å². The number of aliphatic hydroxyl groups excluding tert-OH is 2. The number of benzene rings is 1. The van der Waals surface area contributed by atoms with Gasteiger partial charge in [-0.15, -0.1) is 0 Å². The molecule has 29 heavy (non-hydrogen) atoms. The zero-order valence-electron chi connectivity index (χ0n) is 15.8. The second-order valence-corrected chi connectivity index (χ2v) is 7.87. The Hall–Kier alpha value is -3.13. The fraction of sp³-hybridized carbons (Fsp3) is 0.381. The van der Waals surface area contributed by atoms with Gasteiger partial charge >= 0.3 is 0 Å². The normalized spacial score (nSPS) is 28.7. The summed E-state index contributed by atoms with van der Waals surface area (Å²) >= 11 is 0. The second-order valence-electron chi connectivity index (χ2n) is 7.87. The summed E-state index contributed by atoms with van der Waals surface area (Å²) in [6.07, 6.45) is 0.796. The molecule has 1 aromatic carbocycles. The Morgan fingerprint density at radius 3 is 2.59 bits per heavy atom. The summed E-state index contributed by atoms with van der Waals surface area (Å²) in [5, 5.41) is 34.5. The number of rotatable bonds is 3. The molecule has 3 unspecified atom stereocenters. The Balaban J connectivity index is 1.87. The van der Waals surface area contributed by atoms with Gasteiger partial charge in [0, 0.05) is 18.0 Å². The molecule has 8 heteroatoms. The lowest BCUT2D eigenvalue weighted by atomic mass is 9.58. The minimum atomic E-state index is -1.20. The molecule has 3 aliphatic carbocycles. The number of nitrogens with one attached hydrogen (secondary N) is 1. The average molecular weight is 398 g/mol. The molecule has 1 aromatic rings. The van der Waals surface area contributed by atoms with Crippen LogP contribution >= 0.6 is 0 Å². The number of phenolic OH excluding ortho intramolecular Hbond substituents is 1. The minimum absolute atomic E-state index is 0.0991. The molecule has 0 bridgehead atoms. The Bertz CT molecular complexity index is 1010. The zero-order chi connectivity index (χ0) is 21.0. The second kappa shape index (κ2) is 6.73. The van der Waals surface area contributed by atoms with Gasteiger partial charge in [0.15, 0.2) is 11.6 Å². The third-order valence-corrected chi connectivity index (χ3v) is 6.35. The van der Waals surface area contributed by atoms with Crippen LogP contribution in [0.4, 0.5) is 0 Å². The molecular weight excluding hydrogens is 376 g/mol. The molecular formula is C21H22N2O6. The number of Topliss-reactive ketones (excluding diaryl/α,β-unsaturated/α-hetero) is 2. The van der Waals surface area contributed by atoms with Crippen LogP contribution in [0.15, 0.2) is 35.1 Å². The van der Waals surface area contributed by atoms with E-state index >= 15 is 0 Å². The average Bonchev–Trinajstić information content (AvgIpc) is 2.64. The third-order valence-electron chi connectivity index (χ3n) is 6.35. The quantitative estimate of drug-likeness (QED) is 0.372. The first-order chi connectivity index (χ1) is 13.8. The summed E-state index contributed by atoms with van der Waals surface area (Å²) in [5.41, 5.74) is 5.79. The van der Waals surface area contributed by atoms with Crippen molar-refractivity contribution >= 4 is 23.2 Å². The molecule has 8 nitrogen and oxygen atoms in total. The van der Waals surface area contributed by atoms with Crippen molar-refractivity contribution < 1.29 is 29.7 Å². The summed E-state index contributed by atoms with van der Waals surface area (Å²) in [5.74, 6) is -6.00. The van der Waals surface area contributed by atoms with Crippen LogP contribution in [-0.4, -0.2) is 46.4 Å². The summed E-state index contributed by atoms with van der Waals surface area (Å²) < 4.78 is 0. The van der Waals surface area contributed by atoms with Gasteiger partial charge in [-0.2, -0.15) is 0 Å². The van der Waals surface area contributed by atoms with Crippen molar-refractivity contribution in [3.05, 3.63) is 46.2 Å². The SMILES string of the molecule is CNC[C@@H]1C(O)=C(C(N)=O)C(=O)C2C(=O)C3=C(O)c4c(O)cccc4CC3CC21. The van der Waals surface area contributed by atoms with E-state index in [1.165, 1.54) is 6.07 Å². The number of carbonyl (C=O) groups is 3. The van der Waals surface area contributed by atoms with E-state index in [0.717, 1.165) is 0 Å². The molecule has 0 saturated heterocycles. The van der Waals surface area contributed by atoms with Gasteiger partial charge < -0.3 is 26.4 Å². The molecule has 1 amide bonds. The van der Waals surface area contributed by atoms with Gasteiger partial charge in [0.1, 0.15) is 22.8 Å². The van der Waals surface area contributed by atoms with Gasteiger partial charge in [-0.05, 0) is 43.4 Å². The van der Waals surface area contributed by atoms with Crippen LogP contribution < -0.4 is 11.1 Å². The van der Waals surface area contributed by atoms with Crippen molar-refractivity contribution in [3.8, 4) is 5.75 Å². The number of fused-ring (bicyclic) bond motifs is 3. The lowest BCUT2D eigenvalue weighted by Crippen LogP contribution is -2.51. The molecule has 4 rings (SSSR count). The van der Waals surface area contributed by atoms with Crippen molar-refractivity contribution in [2.75, 3.05) is 13.6 Å². The monoisotopic (exact) mass is 398 g/mol. The Morgan fingerprint density at radius 2 is 1.93 bits per heavy atom. The van der Waals surface area contributed by atoms with Crippen molar-refractivity contribution in [1.29, 1.82) is 0 Å². The van der Waals surface area contributed by atoms with Crippen LogP contribution in [0.1, 0.15) is 17.5 Å².